The molecule has 0 fully saturated rings. The zero-order valence-electron chi connectivity index (χ0n) is 10.6. The summed E-state index contributed by atoms with van der Waals surface area (Å²) in [5.74, 6) is 0. The molecule has 2 aromatic carbocycles. The maximum Gasteiger partial charge on any atom is 0.299 e. The molecular weight excluding hydrogens is 262 g/mol. The quantitative estimate of drug-likeness (QED) is 0.678. The van der Waals surface area contributed by atoms with Crippen LogP contribution in [0.4, 0.5) is 22.7 Å². The highest BCUT2D eigenvalue weighted by Gasteiger charge is 2.19. The van der Waals surface area contributed by atoms with Crippen LogP contribution in [0.25, 0.3) is 0 Å². The average Bonchev–Trinajstić information content (AvgIpc) is 2.41. The second-order valence-electron chi connectivity index (χ2n) is 4.16. The van der Waals surface area contributed by atoms with Gasteiger partial charge in [-0.25, -0.2) is 0 Å². The molecule has 7 nitrogen and oxygen atoms in total. The van der Waals surface area contributed by atoms with Crippen molar-refractivity contribution >= 4 is 22.7 Å². The van der Waals surface area contributed by atoms with Gasteiger partial charge in [0.15, 0.2) is 0 Å². The van der Waals surface area contributed by atoms with Gasteiger partial charge in [0.25, 0.3) is 11.4 Å². The predicted octanol–water partition coefficient (Wildman–Crippen LogP) is 3.56. The van der Waals surface area contributed by atoms with Crippen molar-refractivity contribution in [1.29, 1.82) is 0 Å². The molecule has 0 spiro atoms. The summed E-state index contributed by atoms with van der Waals surface area (Å²) in [5.41, 5.74) is 1.20. The molecule has 0 saturated heterocycles. The zero-order chi connectivity index (χ0) is 14.7. The minimum absolute atomic E-state index is 0.218. The molecule has 0 atom stereocenters. The minimum Gasteiger partial charge on any atom is -0.350 e. The Hall–Kier alpha value is -2.96. The van der Waals surface area contributed by atoms with Crippen molar-refractivity contribution in [2.45, 2.75) is 6.92 Å². The molecule has 0 bridgehead atoms. The SMILES string of the molecule is Cc1ccccc1Nc1ccc([N+](=O)[O-])cc1[N+](=O)[O-]. The number of nitro groups is 2. The normalized spacial score (nSPS) is 10.1. The molecule has 0 heterocycles. The van der Waals surface area contributed by atoms with Crippen molar-refractivity contribution in [3.8, 4) is 0 Å². The second kappa shape index (κ2) is 5.35. The Bertz CT molecular complexity index is 685. The summed E-state index contributed by atoms with van der Waals surface area (Å²) >= 11 is 0. The number of nitrogens with zero attached hydrogens (tertiary/aromatic N) is 2. The highest BCUT2D eigenvalue weighted by molar-refractivity contribution is 5.72. The van der Waals surface area contributed by atoms with Crippen LogP contribution in [0.3, 0.4) is 0 Å². The van der Waals surface area contributed by atoms with Crippen LogP contribution < -0.4 is 5.32 Å². The van der Waals surface area contributed by atoms with Crippen molar-refractivity contribution in [3.05, 3.63) is 68.3 Å². The second-order valence-corrected chi connectivity index (χ2v) is 4.16. The molecule has 0 aromatic heterocycles. The van der Waals surface area contributed by atoms with E-state index < -0.39 is 9.85 Å². The zero-order valence-corrected chi connectivity index (χ0v) is 10.6. The summed E-state index contributed by atoms with van der Waals surface area (Å²) < 4.78 is 0. The summed E-state index contributed by atoms with van der Waals surface area (Å²) in [7, 11) is 0. The van der Waals surface area contributed by atoms with Gasteiger partial charge < -0.3 is 5.32 Å². The number of nitro benzene ring substituents is 2. The summed E-state index contributed by atoms with van der Waals surface area (Å²) in [6.45, 7) is 1.86. The number of rotatable bonds is 4. The number of aryl methyl sites for hydroxylation is 1. The van der Waals surface area contributed by atoms with Crippen LogP contribution in [-0.4, -0.2) is 9.85 Å². The minimum atomic E-state index is -0.662. The third-order valence-electron chi connectivity index (χ3n) is 2.80. The Morgan fingerprint density at radius 2 is 1.65 bits per heavy atom. The van der Waals surface area contributed by atoms with E-state index in [1.165, 1.54) is 12.1 Å². The van der Waals surface area contributed by atoms with Crippen LogP contribution in [0.15, 0.2) is 42.5 Å². The monoisotopic (exact) mass is 273 g/mol. The van der Waals surface area contributed by atoms with E-state index in [1.807, 2.05) is 19.1 Å². The Morgan fingerprint density at radius 1 is 0.950 bits per heavy atom. The van der Waals surface area contributed by atoms with E-state index in [0.29, 0.717) is 5.69 Å². The van der Waals surface area contributed by atoms with Crippen LogP contribution in [0.2, 0.25) is 0 Å². The van der Waals surface area contributed by atoms with Crippen molar-refractivity contribution in [1.82, 2.24) is 0 Å². The first-order valence-corrected chi connectivity index (χ1v) is 5.74. The largest absolute Gasteiger partial charge is 0.350 e. The molecule has 0 aliphatic rings. The van der Waals surface area contributed by atoms with E-state index in [2.05, 4.69) is 5.32 Å². The summed E-state index contributed by atoms with van der Waals surface area (Å²) in [6, 6.07) is 10.8. The fourth-order valence-electron chi connectivity index (χ4n) is 1.75. The van der Waals surface area contributed by atoms with E-state index >= 15 is 0 Å². The molecule has 0 radical (unpaired) electrons. The lowest BCUT2D eigenvalue weighted by Gasteiger charge is -2.09. The number of para-hydroxylation sites is 1. The van der Waals surface area contributed by atoms with Gasteiger partial charge in [0.05, 0.1) is 15.9 Å². The van der Waals surface area contributed by atoms with Crippen molar-refractivity contribution in [3.63, 3.8) is 0 Å². The van der Waals surface area contributed by atoms with Gasteiger partial charge >= 0.3 is 0 Å². The Balaban J connectivity index is 2.44. The average molecular weight is 273 g/mol. The fraction of sp³-hybridized carbons (Fsp3) is 0.0769. The first-order chi connectivity index (χ1) is 9.49. The fourth-order valence-corrected chi connectivity index (χ4v) is 1.75. The first kappa shape index (κ1) is 13.5. The number of anilines is 2. The number of benzene rings is 2. The molecule has 2 aromatic rings. The molecule has 0 aliphatic carbocycles. The van der Waals surface area contributed by atoms with Crippen molar-refractivity contribution < 1.29 is 9.85 Å². The number of hydrogen-bond acceptors (Lipinski definition) is 5. The lowest BCUT2D eigenvalue weighted by atomic mass is 10.2. The van der Waals surface area contributed by atoms with E-state index in [1.54, 1.807) is 12.1 Å². The van der Waals surface area contributed by atoms with Gasteiger partial charge in [0, 0.05) is 11.8 Å². The molecule has 20 heavy (non-hydrogen) atoms. The molecule has 0 amide bonds. The highest BCUT2D eigenvalue weighted by atomic mass is 16.6. The summed E-state index contributed by atoms with van der Waals surface area (Å²) in [4.78, 5) is 20.4. The van der Waals surface area contributed by atoms with Gasteiger partial charge in [0.2, 0.25) is 0 Å². The van der Waals surface area contributed by atoms with Crippen LogP contribution >= 0.6 is 0 Å². The molecule has 7 heteroatoms. The molecule has 0 saturated carbocycles. The molecule has 0 unspecified atom stereocenters. The predicted molar refractivity (Wildman–Crippen MR) is 74.2 cm³/mol. The Labute approximate surface area is 114 Å². The van der Waals surface area contributed by atoms with Gasteiger partial charge in [-0.1, -0.05) is 18.2 Å². The van der Waals surface area contributed by atoms with Gasteiger partial charge in [-0.05, 0) is 24.6 Å². The lowest BCUT2D eigenvalue weighted by Crippen LogP contribution is -1.99. The van der Waals surface area contributed by atoms with Crippen LogP contribution in [-0.2, 0) is 0 Å². The molecule has 2 rings (SSSR count). The third-order valence-corrected chi connectivity index (χ3v) is 2.80. The van der Waals surface area contributed by atoms with Crippen molar-refractivity contribution in [2.75, 3.05) is 5.32 Å². The van der Waals surface area contributed by atoms with Gasteiger partial charge in [0.1, 0.15) is 5.69 Å². The number of hydrogen-bond donors (Lipinski definition) is 1. The summed E-state index contributed by atoms with van der Waals surface area (Å²) in [6.07, 6.45) is 0. The van der Waals surface area contributed by atoms with E-state index in [-0.39, 0.29) is 17.1 Å². The van der Waals surface area contributed by atoms with Crippen LogP contribution in [0.5, 0.6) is 0 Å². The number of nitrogens with one attached hydrogen (secondary N) is 1. The van der Waals surface area contributed by atoms with E-state index in [4.69, 9.17) is 0 Å². The van der Waals surface area contributed by atoms with E-state index in [9.17, 15) is 20.2 Å². The van der Waals surface area contributed by atoms with Crippen molar-refractivity contribution in [2.24, 2.45) is 0 Å². The standard InChI is InChI=1S/C13H11N3O4/c1-9-4-2-3-5-11(9)14-12-7-6-10(15(17)18)8-13(12)16(19)20/h2-8,14H,1H3. The van der Waals surface area contributed by atoms with Crippen LogP contribution in [0.1, 0.15) is 5.56 Å². The van der Waals surface area contributed by atoms with E-state index in [0.717, 1.165) is 11.6 Å². The van der Waals surface area contributed by atoms with Gasteiger partial charge in [-0.3, -0.25) is 20.2 Å². The van der Waals surface area contributed by atoms with Crippen LogP contribution in [0, 0.1) is 27.2 Å². The highest BCUT2D eigenvalue weighted by Crippen LogP contribution is 2.32. The molecule has 1 N–H and O–H groups in total. The number of non-ortho nitro benzene ring substituents is 1. The maximum absolute atomic E-state index is 11.0. The maximum atomic E-state index is 11.0. The Morgan fingerprint density at radius 3 is 2.25 bits per heavy atom. The third kappa shape index (κ3) is 2.72. The smallest absolute Gasteiger partial charge is 0.299 e. The molecule has 0 aliphatic heterocycles. The molecular formula is C13H11N3O4. The molecule has 102 valence electrons. The Kier molecular flexibility index (Phi) is 3.60. The van der Waals surface area contributed by atoms with Gasteiger partial charge in [-0.15, -0.1) is 0 Å². The topological polar surface area (TPSA) is 98.3 Å². The summed E-state index contributed by atoms with van der Waals surface area (Å²) in [5, 5.41) is 24.6. The van der Waals surface area contributed by atoms with Gasteiger partial charge in [-0.2, -0.15) is 0 Å². The first-order valence-electron chi connectivity index (χ1n) is 5.74. The lowest BCUT2D eigenvalue weighted by molar-refractivity contribution is -0.393.